The Bertz CT molecular complexity index is 788. The Balaban J connectivity index is 1.79. The molecule has 1 N–H and O–H groups in total. The van der Waals surface area contributed by atoms with Crippen LogP contribution in [0.25, 0.3) is 10.9 Å². The summed E-state index contributed by atoms with van der Waals surface area (Å²) >= 11 is 6.21. The molecule has 3 aromatic rings. The molecule has 6 heteroatoms. The third-order valence-electron chi connectivity index (χ3n) is 3.97. The van der Waals surface area contributed by atoms with Gasteiger partial charge in [-0.25, -0.2) is 0 Å². The van der Waals surface area contributed by atoms with Crippen molar-refractivity contribution >= 4 is 28.2 Å². The SMILES string of the molecule is Cn1ncc2c1CCN(c1cc(Cl)cc3[nH]ncc13)C2. The number of aromatic nitrogens is 4. The summed E-state index contributed by atoms with van der Waals surface area (Å²) in [5.74, 6) is 0. The zero-order chi connectivity index (χ0) is 13.7. The van der Waals surface area contributed by atoms with Crippen molar-refractivity contribution < 1.29 is 0 Å². The Morgan fingerprint density at radius 1 is 1.30 bits per heavy atom. The van der Waals surface area contributed by atoms with Crippen LogP contribution in [0.15, 0.2) is 24.5 Å². The lowest BCUT2D eigenvalue weighted by Gasteiger charge is -2.29. The minimum absolute atomic E-state index is 0.730. The lowest BCUT2D eigenvalue weighted by molar-refractivity contribution is 0.657. The van der Waals surface area contributed by atoms with Crippen molar-refractivity contribution in [3.8, 4) is 0 Å². The molecule has 0 saturated heterocycles. The van der Waals surface area contributed by atoms with E-state index in [1.807, 2.05) is 36.3 Å². The third-order valence-corrected chi connectivity index (χ3v) is 4.19. The van der Waals surface area contributed by atoms with E-state index < -0.39 is 0 Å². The van der Waals surface area contributed by atoms with Crippen LogP contribution >= 0.6 is 11.6 Å². The number of anilines is 1. The second-order valence-corrected chi connectivity index (χ2v) is 5.60. The van der Waals surface area contributed by atoms with E-state index in [-0.39, 0.29) is 0 Å². The molecule has 0 fully saturated rings. The summed E-state index contributed by atoms with van der Waals surface area (Å²) < 4.78 is 1.97. The third kappa shape index (κ3) is 1.70. The molecule has 0 radical (unpaired) electrons. The number of benzene rings is 1. The molecule has 102 valence electrons. The molecule has 1 aliphatic rings. The van der Waals surface area contributed by atoms with E-state index >= 15 is 0 Å². The van der Waals surface area contributed by atoms with Crippen molar-refractivity contribution in [3.63, 3.8) is 0 Å². The average Bonchev–Trinajstić information content (AvgIpc) is 3.04. The Kier molecular flexibility index (Phi) is 2.50. The van der Waals surface area contributed by atoms with E-state index in [0.717, 1.165) is 41.1 Å². The normalized spacial score (nSPS) is 14.8. The largest absolute Gasteiger partial charge is 0.366 e. The lowest BCUT2D eigenvalue weighted by atomic mass is 10.1. The summed E-state index contributed by atoms with van der Waals surface area (Å²) in [4.78, 5) is 2.34. The highest BCUT2D eigenvalue weighted by atomic mass is 35.5. The van der Waals surface area contributed by atoms with Crippen LogP contribution in [0.1, 0.15) is 11.3 Å². The summed E-state index contributed by atoms with van der Waals surface area (Å²) in [5.41, 5.74) is 4.72. The zero-order valence-electron chi connectivity index (χ0n) is 11.1. The van der Waals surface area contributed by atoms with Crippen LogP contribution in [0, 0.1) is 0 Å². The van der Waals surface area contributed by atoms with Gasteiger partial charge in [0.25, 0.3) is 0 Å². The standard InChI is InChI=1S/C14H14ClN5/c1-19-13-2-3-20(8-9(13)6-17-19)14-5-10(15)4-12-11(14)7-16-18-12/h4-7H,2-3,8H2,1H3,(H,16,18). The first-order chi connectivity index (χ1) is 9.72. The molecule has 0 bridgehead atoms. The van der Waals surface area contributed by atoms with Gasteiger partial charge < -0.3 is 4.90 Å². The molecule has 5 nitrogen and oxygen atoms in total. The molecular weight excluding hydrogens is 274 g/mol. The van der Waals surface area contributed by atoms with Crippen molar-refractivity contribution in [1.82, 2.24) is 20.0 Å². The maximum atomic E-state index is 6.21. The molecule has 2 aromatic heterocycles. The Morgan fingerprint density at radius 3 is 3.10 bits per heavy atom. The number of halogens is 1. The van der Waals surface area contributed by atoms with Crippen LogP contribution in [0.2, 0.25) is 5.02 Å². The van der Waals surface area contributed by atoms with Gasteiger partial charge in [0.2, 0.25) is 0 Å². The first kappa shape index (κ1) is 11.8. The van der Waals surface area contributed by atoms with Gasteiger partial charge in [-0.1, -0.05) is 11.6 Å². The summed E-state index contributed by atoms with van der Waals surface area (Å²) in [6.45, 7) is 1.83. The molecule has 0 saturated carbocycles. The number of aromatic amines is 1. The average molecular weight is 288 g/mol. The predicted molar refractivity (Wildman–Crippen MR) is 79.1 cm³/mol. The van der Waals surface area contributed by atoms with Crippen molar-refractivity contribution in [2.75, 3.05) is 11.4 Å². The van der Waals surface area contributed by atoms with E-state index in [2.05, 4.69) is 20.2 Å². The molecule has 0 atom stereocenters. The van der Waals surface area contributed by atoms with Crippen molar-refractivity contribution in [2.24, 2.45) is 7.05 Å². The number of H-pyrrole nitrogens is 1. The second-order valence-electron chi connectivity index (χ2n) is 5.17. The maximum absolute atomic E-state index is 6.21. The lowest BCUT2D eigenvalue weighted by Crippen LogP contribution is -2.30. The van der Waals surface area contributed by atoms with Crippen molar-refractivity contribution in [1.29, 1.82) is 0 Å². The van der Waals surface area contributed by atoms with E-state index in [0.29, 0.717) is 0 Å². The summed E-state index contributed by atoms with van der Waals surface area (Å²) in [6.07, 6.45) is 4.82. The van der Waals surface area contributed by atoms with Crippen molar-refractivity contribution in [2.45, 2.75) is 13.0 Å². The molecule has 3 heterocycles. The quantitative estimate of drug-likeness (QED) is 0.748. The zero-order valence-corrected chi connectivity index (χ0v) is 11.9. The minimum atomic E-state index is 0.730. The van der Waals surface area contributed by atoms with Gasteiger partial charge in [-0.2, -0.15) is 10.2 Å². The molecule has 1 aliphatic heterocycles. The second kappa shape index (κ2) is 4.24. The van der Waals surface area contributed by atoms with Gasteiger partial charge in [0.05, 0.1) is 17.9 Å². The van der Waals surface area contributed by atoms with Gasteiger partial charge in [-0.05, 0) is 12.1 Å². The number of nitrogens with zero attached hydrogens (tertiary/aromatic N) is 4. The van der Waals surface area contributed by atoms with Gasteiger partial charge in [0.15, 0.2) is 0 Å². The first-order valence-corrected chi connectivity index (χ1v) is 6.97. The van der Waals surface area contributed by atoms with Crippen molar-refractivity contribution in [3.05, 3.63) is 40.8 Å². The monoisotopic (exact) mass is 287 g/mol. The fraction of sp³-hybridized carbons (Fsp3) is 0.286. The molecule has 20 heavy (non-hydrogen) atoms. The number of aryl methyl sites for hydroxylation is 1. The maximum Gasteiger partial charge on any atom is 0.0686 e. The van der Waals surface area contributed by atoms with Gasteiger partial charge in [0, 0.05) is 53.9 Å². The molecule has 1 aromatic carbocycles. The Labute approximate surface area is 121 Å². The molecule has 0 unspecified atom stereocenters. The highest BCUT2D eigenvalue weighted by molar-refractivity contribution is 6.31. The van der Waals surface area contributed by atoms with E-state index in [1.54, 1.807) is 0 Å². The first-order valence-electron chi connectivity index (χ1n) is 6.60. The van der Waals surface area contributed by atoms with Crippen LogP contribution in [0.5, 0.6) is 0 Å². The van der Waals surface area contributed by atoms with Crippen LogP contribution in [0.4, 0.5) is 5.69 Å². The number of nitrogens with one attached hydrogen (secondary N) is 1. The number of hydrogen-bond acceptors (Lipinski definition) is 3. The molecule has 0 amide bonds. The summed E-state index contributed by atoms with van der Waals surface area (Å²) in [7, 11) is 2.00. The van der Waals surface area contributed by atoms with E-state index in [9.17, 15) is 0 Å². The highest BCUT2D eigenvalue weighted by Crippen LogP contribution is 2.32. The Morgan fingerprint density at radius 2 is 2.20 bits per heavy atom. The minimum Gasteiger partial charge on any atom is -0.366 e. The predicted octanol–water partition coefficient (Wildman–Crippen LogP) is 2.51. The van der Waals surface area contributed by atoms with E-state index in [4.69, 9.17) is 11.6 Å². The Hall–Kier alpha value is -2.01. The number of rotatable bonds is 1. The summed E-state index contributed by atoms with van der Waals surface area (Å²) in [5, 5.41) is 13.3. The van der Waals surface area contributed by atoms with Crippen LogP contribution in [-0.4, -0.2) is 26.5 Å². The topological polar surface area (TPSA) is 49.7 Å². The van der Waals surface area contributed by atoms with Gasteiger partial charge in [0.1, 0.15) is 0 Å². The number of hydrogen-bond donors (Lipinski definition) is 1. The van der Waals surface area contributed by atoms with Gasteiger partial charge in [-0.15, -0.1) is 0 Å². The van der Waals surface area contributed by atoms with E-state index in [1.165, 1.54) is 11.3 Å². The molecule has 0 spiro atoms. The van der Waals surface area contributed by atoms with Gasteiger partial charge >= 0.3 is 0 Å². The van der Waals surface area contributed by atoms with Crippen LogP contribution in [0.3, 0.4) is 0 Å². The fourth-order valence-corrected chi connectivity index (χ4v) is 3.17. The fourth-order valence-electron chi connectivity index (χ4n) is 2.95. The number of fused-ring (bicyclic) bond motifs is 2. The van der Waals surface area contributed by atoms with Crippen LogP contribution in [-0.2, 0) is 20.0 Å². The summed E-state index contributed by atoms with van der Waals surface area (Å²) in [6, 6.07) is 3.92. The van der Waals surface area contributed by atoms with Crippen LogP contribution < -0.4 is 4.90 Å². The molecule has 0 aliphatic carbocycles. The van der Waals surface area contributed by atoms with Gasteiger partial charge in [-0.3, -0.25) is 9.78 Å². The molecular formula is C14H14ClN5. The highest BCUT2D eigenvalue weighted by Gasteiger charge is 2.21. The molecule has 4 rings (SSSR count). The smallest absolute Gasteiger partial charge is 0.0686 e.